The Bertz CT molecular complexity index is 790. The fourth-order valence-corrected chi connectivity index (χ4v) is 2.56. The molecular formula is C19H22ClN3O4. The zero-order chi connectivity index (χ0) is 19.8. The van der Waals surface area contributed by atoms with E-state index in [1.165, 1.54) is 6.26 Å². The second-order valence-corrected chi connectivity index (χ2v) is 6.66. The summed E-state index contributed by atoms with van der Waals surface area (Å²) in [6.07, 6.45) is 1.51. The van der Waals surface area contributed by atoms with Crippen molar-refractivity contribution in [2.24, 2.45) is 5.92 Å². The molecule has 3 amide bonds. The van der Waals surface area contributed by atoms with Crippen molar-refractivity contribution in [3.8, 4) is 0 Å². The number of furan rings is 1. The van der Waals surface area contributed by atoms with Crippen molar-refractivity contribution in [3.63, 3.8) is 0 Å². The molecule has 0 aliphatic carbocycles. The van der Waals surface area contributed by atoms with Gasteiger partial charge in [-0.15, -0.1) is 0 Å². The molecule has 1 aromatic heterocycles. The minimum atomic E-state index is -0.799. The van der Waals surface area contributed by atoms with Crippen molar-refractivity contribution < 1.29 is 18.8 Å². The predicted molar refractivity (Wildman–Crippen MR) is 101 cm³/mol. The van der Waals surface area contributed by atoms with Crippen molar-refractivity contribution in [1.29, 1.82) is 0 Å². The minimum Gasteiger partial charge on any atom is -0.467 e. The molecule has 0 fully saturated rings. The summed E-state index contributed by atoms with van der Waals surface area (Å²) in [7, 11) is 0. The molecule has 144 valence electrons. The Morgan fingerprint density at radius 2 is 1.81 bits per heavy atom. The largest absolute Gasteiger partial charge is 0.467 e. The summed E-state index contributed by atoms with van der Waals surface area (Å²) in [4.78, 5) is 36.7. The fraction of sp³-hybridized carbons (Fsp3) is 0.316. The first-order valence-corrected chi connectivity index (χ1v) is 8.88. The van der Waals surface area contributed by atoms with Crippen LogP contribution >= 0.6 is 11.6 Å². The lowest BCUT2D eigenvalue weighted by Gasteiger charge is -2.22. The quantitative estimate of drug-likeness (QED) is 0.641. The van der Waals surface area contributed by atoms with Crippen molar-refractivity contribution in [2.75, 3.05) is 6.54 Å². The average molecular weight is 392 g/mol. The molecule has 3 N–H and O–H groups in total. The Balaban J connectivity index is 1.87. The molecule has 0 saturated carbocycles. The van der Waals surface area contributed by atoms with Gasteiger partial charge in [-0.05, 0) is 30.2 Å². The number of benzene rings is 1. The van der Waals surface area contributed by atoms with Gasteiger partial charge in [0.25, 0.3) is 5.91 Å². The molecule has 0 bridgehead atoms. The van der Waals surface area contributed by atoms with Crippen LogP contribution in [0.3, 0.4) is 0 Å². The van der Waals surface area contributed by atoms with E-state index in [4.69, 9.17) is 16.0 Å². The highest BCUT2D eigenvalue weighted by Crippen LogP contribution is 2.15. The predicted octanol–water partition coefficient (Wildman–Crippen LogP) is 2.12. The van der Waals surface area contributed by atoms with Crippen molar-refractivity contribution >= 4 is 29.3 Å². The molecule has 1 heterocycles. The van der Waals surface area contributed by atoms with Gasteiger partial charge in [0.15, 0.2) is 0 Å². The lowest BCUT2D eigenvalue weighted by atomic mass is 10.0. The third kappa shape index (κ3) is 6.14. The van der Waals surface area contributed by atoms with E-state index in [1.807, 2.05) is 0 Å². The molecule has 1 atom stereocenters. The van der Waals surface area contributed by atoms with Gasteiger partial charge in [0.1, 0.15) is 11.8 Å². The SMILES string of the molecule is CC(C)C(NC(=O)c1ccccc1Cl)C(=O)NCC(=O)NCc1ccco1. The first kappa shape index (κ1) is 20.5. The van der Waals surface area contributed by atoms with Gasteiger partial charge < -0.3 is 20.4 Å². The van der Waals surface area contributed by atoms with Gasteiger partial charge in [0, 0.05) is 0 Å². The van der Waals surface area contributed by atoms with Crippen LogP contribution in [-0.4, -0.2) is 30.3 Å². The van der Waals surface area contributed by atoms with Gasteiger partial charge >= 0.3 is 0 Å². The van der Waals surface area contributed by atoms with Crippen molar-refractivity contribution in [3.05, 3.63) is 59.0 Å². The van der Waals surface area contributed by atoms with E-state index in [2.05, 4.69) is 16.0 Å². The number of hydrogen-bond acceptors (Lipinski definition) is 4. The molecule has 2 aromatic rings. The lowest BCUT2D eigenvalue weighted by molar-refractivity contribution is -0.127. The summed E-state index contributed by atoms with van der Waals surface area (Å²) in [5.41, 5.74) is 0.286. The molecule has 2 rings (SSSR count). The van der Waals surface area contributed by atoms with E-state index in [0.29, 0.717) is 10.8 Å². The lowest BCUT2D eigenvalue weighted by Crippen LogP contribution is -2.51. The fourth-order valence-electron chi connectivity index (χ4n) is 2.34. The molecule has 0 spiro atoms. The molecule has 8 heteroatoms. The van der Waals surface area contributed by atoms with E-state index in [9.17, 15) is 14.4 Å². The van der Waals surface area contributed by atoms with Crippen LogP contribution in [0.5, 0.6) is 0 Å². The monoisotopic (exact) mass is 391 g/mol. The van der Waals surface area contributed by atoms with Gasteiger partial charge in [-0.1, -0.05) is 37.6 Å². The number of nitrogens with one attached hydrogen (secondary N) is 3. The third-order valence-corrected chi connectivity index (χ3v) is 4.15. The van der Waals surface area contributed by atoms with E-state index in [-0.39, 0.29) is 30.5 Å². The van der Waals surface area contributed by atoms with Gasteiger partial charge in [-0.2, -0.15) is 0 Å². The molecule has 0 radical (unpaired) electrons. The number of carbonyl (C=O) groups excluding carboxylic acids is 3. The molecule has 0 saturated heterocycles. The van der Waals surface area contributed by atoms with Crippen LogP contribution in [0.25, 0.3) is 0 Å². The topological polar surface area (TPSA) is 100 Å². The van der Waals surface area contributed by atoms with Crippen LogP contribution in [0.1, 0.15) is 30.0 Å². The summed E-state index contributed by atoms with van der Waals surface area (Å²) in [6.45, 7) is 3.63. The Kier molecular flexibility index (Phi) is 7.43. The van der Waals surface area contributed by atoms with E-state index in [0.717, 1.165) is 0 Å². The second kappa shape index (κ2) is 9.78. The summed E-state index contributed by atoms with van der Waals surface area (Å²) < 4.78 is 5.11. The smallest absolute Gasteiger partial charge is 0.253 e. The van der Waals surface area contributed by atoms with Crippen LogP contribution in [-0.2, 0) is 16.1 Å². The molecule has 1 unspecified atom stereocenters. The summed E-state index contributed by atoms with van der Waals surface area (Å²) in [6, 6.07) is 9.24. The third-order valence-electron chi connectivity index (χ3n) is 3.82. The van der Waals surface area contributed by atoms with Crippen molar-refractivity contribution in [1.82, 2.24) is 16.0 Å². The van der Waals surface area contributed by atoms with E-state index in [1.54, 1.807) is 50.2 Å². The Morgan fingerprint density at radius 1 is 1.07 bits per heavy atom. The highest BCUT2D eigenvalue weighted by atomic mass is 35.5. The molecule has 1 aromatic carbocycles. The molecule has 7 nitrogen and oxygen atoms in total. The van der Waals surface area contributed by atoms with E-state index < -0.39 is 17.9 Å². The maximum atomic E-state index is 12.4. The highest BCUT2D eigenvalue weighted by Gasteiger charge is 2.25. The van der Waals surface area contributed by atoms with Crippen LogP contribution in [0, 0.1) is 5.92 Å². The van der Waals surface area contributed by atoms with Crippen LogP contribution in [0.15, 0.2) is 47.1 Å². The number of halogens is 1. The van der Waals surface area contributed by atoms with Gasteiger partial charge in [0.2, 0.25) is 11.8 Å². The standard InChI is InChI=1S/C19H22ClN3O4/c1-12(2)17(23-18(25)14-7-3-4-8-15(14)20)19(26)22-11-16(24)21-10-13-6-5-9-27-13/h3-9,12,17H,10-11H2,1-2H3,(H,21,24)(H,22,26)(H,23,25). The Labute approximate surface area is 162 Å². The van der Waals surface area contributed by atoms with Crippen LogP contribution in [0.2, 0.25) is 5.02 Å². The van der Waals surface area contributed by atoms with Gasteiger partial charge in [-0.25, -0.2) is 0 Å². The molecular weight excluding hydrogens is 370 g/mol. The number of amides is 3. The van der Waals surface area contributed by atoms with E-state index >= 15 is 0 Å². The Morgan fingerprint density at radius 3 is 2.44 bits per heavy atom. The number of hydrogen-bond donors (Lipinski definition) is 3. The first-order valence-electron chi connectivity index (χ1n) is 8.50. The number of rotatable bonds is 8. The maximum absolute atomic E-state index is 12.4. The molecule has 27 heavy (non-hydrogen) atoms. The highest BCUT2D eigenvalue weighted by molar-refractivity contribution is 6.33. The second-order valence-electron chi connectivity index (χ2n) is 6.25. The summed E-state index contributed by atoms with van der Waals surface area (Å²) in [5.74, 6) is -0.820. The van der Waals surface area contributed by atoms with Gasteiger partial charge in [-0.3, -0.25) is 14.4 Å². The van der Waals surface area contributed by atoms with Crippen molar-refractivity contribution in [2.45, 2.75) is 26.4 Å². The average Bonchev–Trinajstić information content (AvgIpc) is 3.16. The first-order chi connectivity index (χ1) is 12.9. The summed E-state index contributed by atoms with van der Waals surface area (Å²) in [5, 5.41) is 8.14. The molecule has 0 aliphatic heterocycles. The summed E-state index contributed by atoms with van der Waals surface area (Å²) >= 11 is 6.02. The number of carbonyl (C=O) groups is 3. The zero-order valence-corrected chi connectivity index (χ0v) is 15.9. The normalized spacial score (nSPS) is 11.7. The van der Waals surface area contributed by atoms with Gasteiger partial charge in [0.05, 0.1) is 29.9 Å². The maximum Gasteiger partial charge on any atom is 0.253 e. The minimum absolute atomic E-state index is 0.178. The zero-order valence-electron chi connectivity index (χ0n) is 15.1. The molecule has 0 aliphatic rings. The van der Waals surface area contributed by atoms with Crippen LogP contribution in [0.4, 0.5) is 0 Å². The Hall–Kier alpha value is -2.80. The van der Waals surface area contributed by atoms with Crippen LogP contribution < -0.4 is 16.0 Å².